The number of allylic oxidation sites excluding steroid dienone is 3. The molecule has 0 aromatic heterocycles. The molecule has 0 saturated heterocycles. The molecule has 0 radical (unpaired) electrons. The predicted molar refractivity (Wildman–Crippen MR) is 172 cm³/mol. The second-order valence-corrected chi connectivity index (χ2v) is 13.6. The summed E-state index contributed by atoms with van der Waals surface area (Å²) < 4.78 is 0. The van der Waals surface area contributed by atoms with Gasteiger partial charge >= 0.3 is 0 Å². The first kappa shape index (κ1) is 32.8. The number of benzene rings is 1. The number of aliphatic hydroxyl groups excluding tert-OH is 1. The van der Waals surface area contributed by atoms with Crippen molar-refractivity contribution in [3.8, 4) is 0 Å². The Morgan fingerprint density at radius 2 is 1.45 bits per heavy atom. The second kappa shape index (κ2) is 18.0. The van der Waals surface area contributed by atoms with E-state index in [2.05, 4.69) is 50.8 Å². The van der Waals surface area contributed by atoms with E-state index in [1.807, 2.05) is 6.79 Å². The van der Waals surface area contributed by atoms with Gasteiger partial charge in [0.2, 0.25) is 0 Å². The van der Waals surface area contributed by atoms with Crippen LogP contribution in [0.25, 0.3) is 5.57 Å². The number of unbranched alkanes of at least 4 members (excludes halogenated alkanes) is 2. The van der Waals surface area contributed by atoms with Crippen molar-refractivity contribution in [2.24, 2.45) is 35.5 Å². The lowest BCUT2D eigenvalue weighted by molar-refractivity contribution is -0.0980. The first-order valence-electron chi connectivity index (χ1n) is 16.9. The van der Waals surface area contributed by atoms with Gasteiger partial charge in [-0.2, -0.15) is 0 Å². The Kier molecular flexibility index (Phi) is 14.8. The third-order valence-electron chi connectivity index (χ3n) is 10.9. The normalized spacial score (nSPS) is 27.7. The van der Waals surface area contributed by atoms with Gasteiger partial charge in [0.15, 0.2) is 0 Å². The molecule has 0 heterocycles. The first-order chi connectivity index (χ1) is 19.6. The molecule has 1 N–H and O–H groups in total. The number of aryl methyl sites for hydroxylation is 1. The zero-order valence-electron chi connectivity index (χ0n) is 26.1. The van der Waals surface area contributed by atoms with Crippen LogP contribution >= 0.6 is 0 Å². The van der Waals surface area contributed by atoms with Crippen LogP contribution in [0.3, 0.4) is 0 Å². The summed E-state index contributed by atoms with van der Waals surface area (Å²) in [4.78, 5) is 8.00. The van der Waals surface area contributed by atoms with E-state index in [-0.39, 0.29) is 0 Å². The SMILES string of the molecule is C=C(C)CCCC(CO)C1CCC(C2CCC(C3CC=C(c4ccc(CCCCC)cc4)CC3)CC2)CC1.C=O. The van der Waals surface area contributed by atoms with Crippen LogP contribution < -0.4 is 0 Å². The fourth-order valence-corrected chi connectivity index (χ4v) is 8.33. The fraction of sp³-hybridized carbons (Fsp3) is 0.711. The molecular formula is C38H60O2. The van der Waals surface area contributed by atoms with E-state index >= 15 is 0 Å². The van der Waals surface area contributed by atoms with Crippen LogP contribution in [-0.4, -0.2) is 18.5 Å². The Balaban J connectivity index is 0.00000216. The highest BCUT2D eigenvalue weighted by Gasteiger charge is 2.35. The highest BCUT2D eigenvalue weighted by molar-refractivity contribution is 5.66. The number of hydrogen-bond donors (Lipinski definition) is 1. The standard InChI is InChI=1S/C37H58O.CH2O/c1-4-5-6-9-29-11-13-30(14-12-29)31-15-17-32(18-16-31)33-19-21-34(22-20-33)35-23-25-36(26-24-35)37(27-38)10-7-8-28(2)3;1-2/h11-15,32-38H,2,4-10,16-27H2,1,3H3;1H2. The summed E-state index contributed by atoms with van der Waals surface area (Å²) in [5, 5.41) is 10.0. The van der Waals surface area contributed by atoms with E-state index in [0.717, 1.165) is 36.0 Å². The minimum Gasteiger partial charge on any atom is -0.396 e. The molecule has 0 amide bonds. The number of aliphatic hydroxyl groups is 1. The molecule has 0 spiro atoms. The van der Waals surface area contributed by atoms with Crippen LogP contribution in [-0.2, 0) is 11.2 Å². The summed E-state index contributed by atoms with van der Waals surface area (Å²) in [6.45, 7) is 10.9. The van der Waals surface area contributed by atoms with E-state index in [0.29, 0.717) is 12.5 Å². The minimum atomic E-state index is 0.387. The molecule has 1 aromatic rings. The number of rotatable bonds is 13. The Morgan fingerprint density at radius 3 is 1.98 bits per heavy atom. The molecule has 2 saturated carbocycles. The van der Waals surface area contributed by atoms with E-state index in [4.69, 9.17) is 4.79 Å². The average Bonchev–Trinajstić information content (AvgIpc) is 3.01. The fourth-order valence-electron chi connectivity index (χ4n) is 8.33. The van der Waals surface area contributed by atoms with Gasteiger partial charge in [0.1, 0.15) is 6.79 Å². The van der Waals surface area contributed by atoms with Gasteiger partial charge in [0.05, 0.1) is 0 Å². The van der Waals surface area contributed by atoms with Gasteiger partial charge in [0, 0.05) is 6.61 Å². The smallest absolute Gasteiger partial charge is 0.106 e. The van der Waals surface area contributed by atoms with Gasteiger partial charge in [-0.15, -0.1) is 6.58 Å². The second-order valence-electron chi connectivity index (χ2n) is 13.6. The maximum atomic E-state index is 10.0. The molecule has 3 aliphatic carbocycles. The molecule has 4 rings (SSSR count). The third kappa shape index (κ3) is 10.0. The van der Waals surface area contributed by atoms with Crippen LogP contribution in [0.4, 0.5) is 0 Å². The largest absolute Gasteiger partial charge is 0.396 e. The van der Waals surface area contributed by atoms with Crippen molar-refractivity contribution < 1.29 is 9.90 Å². The molecule has 2 heteroatoms. The van der Waals surface area contributed by atoms with E-state index in [1.165, 1.54) is 126 Å². The lowest BCUT2D eigenvalue weighted by atomic mass is 9.64. The van der Waals surface area contributed by atoms with Crippen molar-refractivity contribution in [1.29, 1.82) is 0 Å². The van der Waals surface area contributed by atoms with Gasteiger partial charge in [-0.1, -0.05) is 55.7 Å². The summed E-state index contributed by atoms with van der Waals surface area (Å²) in [7, 11) is 0. The maximum Gasteiger partial charge on any atom is 0.106 e. The highest BCUT2D eigenvalue weighted by atomic mass is 16.3. The van der Waals surface area contributed by atoms with Crippen molar-refractivity contribution in [2.45, 2.75) is 129 Å². The molecule has 1 aromatic carbocycles. The molecule has 2 fully saturated rings. The lowest BCUT2D eigenvalue weighted by Crippen LogP contribution is -2.30. The van der Waals surface area contributed by atoms with Gasteiger partial charge in [-0.25, -0.2) is 0 Å². The summed E-state index contributed by atoms with van der Waals surface area (Å²) in [6.07, 6.45) is 26.8. The molecule has 224 valence electrons. The zero-order chi connectivity index (χ0) is 28.7. The van der Waals surface area contributed by atoms with Gasteiger partial charge in [0.25, 0.3) is 0 Å². The lowest BCUT2D eigenvalue weighted by Gasteiger charge is -2.41. The van der Waals surface area contributed by atoms with E-state index < -0.39 is 0 Å². The summed E-state index contributed by atoms with van der Waals surface area (Å²) in [6, 6.07) is 9.53. The Morgan fingerprint density at radius 1 is 0.850 bits per heavy atom. The minimum absolute atomic E-state index is 0.387. The topological polar surface area (TPSA) is 37.3 Å². The molecule has 2 unspecified atom stereocenters. The van der Waals surface area contributed by atoms with Crippen molar-refractivity contribution in [3.05, 3.63) is 53.6 Å². The van der Waals surface area contributed by atoms with E-state index in [1.54, 1.807) is 5.57 Å². The van der Waals surface area contributed by atoms with Crippen molar-refractivity contribution >= 4 is 12.4 Å². The molecule has 3 aliphatic rings. The van der Waals surface area contributed by atoms with E-state index in [9.17, 15) is 5.11 Å². The number of carbonyl (C=O) groups is 1. The van der Waals surface area contributed by atoms with Crippen LogP contribution in [0, 0.1) is 35.5 Å². The molecule has 2 nitrogen and oxygen atoms in total. The quantitative estimate of drug-likeness (QED) is 0.197. The first-order valence-corrected chi connectivity index (χ1v) is 16.9. The Hall–Kier alpha value is -1.67. The van der Waals surface area contributed by atoms with Crippen LogP contribution in [0.15, 0.2) is 42.5 Å². The van der Waals surface area contributed by atoms with Crippen LogP contribution in [0.5, 0.6) is 0 Å². The van der Waals surface area contributed by atoms with Gasteiger partial charge in [-0.05, 0) is 162 Å². The number of carbonyl (C=O) groups excluding carboxylic acids is 1. The molecular weight excluding hydrogens is 488 g/mol. The van der Waals surface area contributed by atoms with Crippen LogP contribution in [0.1, 0.15) is 134 Å². The van der Waals surface area contributed by atoms with Crippen LogP contribution in [0.2, 0.25) is 0 Å². The number of hydrogen-bond acceptors (Lipinski definition) is 2. The maximum absolute atomic E-state index is 10.0. The van der Waals surface area contributed by atoms with Crippen molar-refractivity contribution in [2.75, 3.05) is 6.61 Å². The third-order valence-corrected chi connectivity index (χ3v) is 10.9. The van der Waals surface area contributed by atoms with Crippen molar-refractivity contribution in [1.82, 2.24) is 0 Å². The zero-order valence-corrected chi connectivity index (χ0v) is 26.1. The van der Waals surface area contributed by atoms with Gasteiger partial charge in [-0.3, -0.25) is 0 Å². The predicted octanol–water partition coefficient (Wildman–Crippen LogP) is 10.4. The molecule has 0 bridgehead atoms. The average molecular weight is 549 g/mol. The molecule has 2 atom stereocenters. The Bertz CT molecular complexity index is 867. The van der Waals surface area contributed by atoms with Gasteiger partial charge < -0.3 is 9.90 Å². The summed E-state index contributed by atoms with van der Waals surface area (Å²) >= 11 is 0. The molecule has 0 aliphatic heterocycles. The summed E-state index contributed by atoms with van der Waals surface area (Å²) in [5.41, 5.74) is 5.87. The molecule has 40 heavy (non-hydrogen) atoms. The Labute approximate surface area is 247 Å². The monoisotopic (exact) mass is 548 g/mol. The highest BCUT2D eigenvalue weighted by Crippen LogP contribution is 2.46. The summed E-state index contributed by atoms with van der Waals surface area (Å²) in [5.74, 6) is 5.12. The van der Waals surface area contributed by atoms with Crippen molar-refractivity contribution in [3.63, 3.8) is 0 Å².